The van der Waals surface area contributed by atoms with Crippen molar-refractivity contribution in [2.75, 3.05) is 19.6 Å². The average molecular weight is 381 g/mol. The fourth-order valence-corrected chi connectivity index (χ4v) is 4.37. The molecule has 1 aromatic carbocycles. The molecule has 1 aliphatic heterocycles. The fourth-order valence-electron chi connectivity index (χ4n) is 4.37. The lowest BCUT2D eigenvalue weighted by molar-refractivity contribution is -0.139. The topological polar surface area (TPSA) is 58.4 Å². The second-order valence-electron chi connectivity index (χ2n) is 7.72. The molecule has 1 saturated heterocycles. The van der Waals surface area contributed by atoms with Gasteiger partial charge in [-0.25, -0.2) is 0 Å². The monoisotopic (exact) mass is 381 g/mol. The van der Waals surface area contributed by atoms with Crippen LogP contribution in [0.15, 0.2) is 18.2 Å². The van der Waals surface area contributed by atoms with Crippen molar-refractivity contribution in [3.05, 3.63) is 29.5 Å². The predicted octanol–water partition coefficient (Wildman–Crippen LogP) is 3.49. The summed E-state index contributed by atoms with van der Waals surface area (Å²) >= 11 is 0. The molecule has 0 radical (unpaired) electrons. The van der Waals surface area contributed by atoms with Crippen LogP contribution in [0.1, 0.15) is 36.4 Å². The van der Waals surface area contributed by atoms with E-state index >= 15 is 0 Å². The lowest BCUT2D eigenvalue weighted by Gasteiger charge is -2.31. The zero-order valence-electron chi connectivity index (χ0n) is 15.0. The number of rotatable bonds is 4. The quantitative estimate of drug-likeness (QED) is 0.881. The molecule has 8 heteroatoms. The van der Waals surface area contributed by atoms with Crippen LogP contribution in [0.4, 0.5) is 13.2 Å². The number of benzene rings is 1. The van der Waals surface area contributed by atoms with E-state index in [4.69, 9.17) is 5.11 Å². The van der Waals surface area contributed by atoms with Crippen molar-refractivity contribution in [1.29, 1.82) is 0 Å². The molecule has 5 nitrogen and oxygen atoms in total. The minimum atomic E-state index is -4.40. The van der Waals surface area contributed by atoms with E-state index in [0.29, 0.717) is 5.39 Å². The molecular formula is C19H22F3N3O2. The number of aryl methyl sites for hydroxylation is 1. The molecule has 1 unspecified atom stereocenters. The molecule has 1 aromatic heterocycles. The number of aliphatic carboxylic acids is 1. The Balaban J connectivity index is 1.49. The number of likely N-dealkylation sites (tertiary alicyclic amines) is 1. The summed E-state index contributed by atoms with van der Waals surface area (Å²) in [5.74, 6) is -0.550. The first-order chi connectivity index (χ1) is 12.8. The van der Waals surface area contributed by atoms with Crippen LogP contribution < -0.4 is 0 Å². The van der Waals surface area contributed by atoms with Gasteiger partial charge in [-0.15, -0.1) is 0 Å². The van der Waals surface area contributed by atoms with E-state index in [0.717, 1.165) is 50.7 Å². The zero-order chi connectivity index (χ0) is 19.3. The first-order valence-corrected chi connectivity index (χ1v) is 9.23. The van der Waals surface area contributed by atoms with Gasteiger partial charge in [0.25, 0.3) is 0 Å². The van der Waals surface area contributed by atoms with E-state index in [9.17, 15) is 18.0 Å². The van der Waals surface area contributed by atoms with Crippen molar-refractivity contribution in [2.45, 2.75) is 31.4 Å². The molecule has 0 bridgehead atoms. The predicted molar refractivity (Wildman–Crippen MR) is 93.4 cm³/mol. The zero-order valence-corrected chi connectivity index (χ0v) is 15.0. The Kier molecular flexibility index (Phi) is 4.41. The van der Waals surface area contributed by atoms with E-state index < -0.39 is 17.7 Å². The highest BCUT2D eigenvalue weighted by Crippen LogP contribution is 2.41. The summed E-state index contributed by atoms with van der Waals surface area (Å²) < 4.78 is 41.3. The summed E-state index contributed by atoms with van der Waals surface area (Å²) in [6.45, 7) is 2.44. The van der Waals surface area contributed by atoms with Crippen molar-refractivity contribution < 1.29 is 23.1 Å². The van der Waals surface area contributed by atoms with Gasteiger partial charge in [0.05, 0.1) is 22.7 Å². The number of hydrogen-bond donors (Lipinski definition) is 1. The van der Waals surface area contributed by atoms with Crippen LogP contribution in [0, 0.1) is 11.8 Å². The van der Waals surface area contributed by atoms with Crippen LogP contribution in [0.5, 0.6) is 0 Å². The van der Waals surface area contributed by atoms with Crippen molar-refractivity contribution in [2.24, 2.45) is 18.9 Å². The summed E-state index contributed by atoms with van der Waals surface area (Å²) in [5, 5.41) is 14.0. The van der Waals surface area contributed by atoms with E-state index in [2.05, 4.69) is 10.00 Å². The summed E-state index contributed by atoms with van der Waals surface area (Å²) in [7, 11) is 1.56. The van der Waals surface area contributed by atoms with Crippen molar-refractivity contribution in [3.8, 4) is 0 Å². The van der Waals surface area contributed by atoms with Crippen molar-refractivity contribution in [1.82, 2.24) is 14.7 Å². The Bertz CT molecular complexity index is 869. The summed E-state index contributed by atoms with van der Waals surface area (Å²) in [4.78, 5) is 13.2. The number of alkyl halides is 3. The maximum atomic E-state index is 13.3. The largest absolute Gasteiger partial charge is 0.481 e. The minimum absolute atomic E-state index is 0.128. The van der Waals surface area contributed by atoms with Crippen LogP contribution in [0.3, 0.4) is 0 Å². The van der Waals surface area contributed by atoms with Gasteiger partial charge in [0.2, 0.25) is 0 Å². The van der Waals surface area contributed by atoms with E-state index in [1.54, 1.807) is 13.1 Å². The molecule has 1 saturated carbocycles. The second kappa shape index (κ2) is 6.51. The third-order valence-corrected chi connectivity index (χ3v) is 5.91. The lowest BCUT2D eigenvalue weighted by Crippen LogP contribution is -2.35. The lowest BCUT2D eigenvalue weighted by atomic mass is 9.91. The third kappa shape index (κ3) is 3.42. The van der Waals surface area contributed by atoms with Gasteiger partial charge in [-0.2, -0.15) is 18.3 Å². The fraction of sp³-hybridized carbons (Fsp3) is 0.579. The maximum Gasteiger partial charge on any atom is 0.418 e. The third-order valence-electron chi connectivity index (χ3n) is 5.91. The number of hydrogen-bond acceptors (Lipinski definition) is 3. The Labute approximate surface area is 154 Å². The molecule has 1 aliphatic carbocycles. The van der Waals surface area contributed by atoms with Crippen LogP contribution >= 0.6 is 0 Å². The van der Waals surface area contributed by atoms with Crippen LogP contribution in [0.25, 0.3) is 10.9 Å². The number of carboxylic acid groups (broad SMARTS) is 1. The number of aromatic nitrogens is 2. The molecule has 2 fully saturated rings. The number of para-hydroxylation sites is 1. The number of halogens is 3. The van der Waals surface area contributed by atoms with Gasteiger partial charge < -0.3 is 10.0 Å². The highest BCUT2D eigenvalue weighted by Gasteiger charge is 2.44. The highest BCUT2D eigenvalue weighted by molar-refractivity contribution is 5.86. The van der Waals surface area contributed by atoms with Gasteiger partial charge in [-0.05, 0) is 44.3 Å². The SMILES string of the molecule is Cn1nc(C2CCN(CC3C[C@H]3C(=O)O)CC2)c2cccc(C(F)(F)F)c21. The number of carbonyl (C=O) groups is 1. The molecule has 4 rings (SSSR count). The molecule has 2 aromatic rings. The number of nitrogens with zero attached hydrogens (tertiary/aromatic N) is 3. The standard InChI is InChI=1S/C19H22F3N3O2/c1-24-17-13(3-2-4-15(17)19(20,21)22)16(23-24)11-5-7-25(8-6-11)10-12-9-14(12)18(26)27/h2-4,11-12,14H,5-10H2,1H3,(H,26,27)/t12?,14-/m1/s1. The summed E-state index contributed by atoms with van der Waals surface area (Å²) in [6, 6.07) is 4.27. The molecule has 27 heavy (non-hydrogen) atoms. The molecule has 0 spiro atoms. The van der Waals surface area contributed by atoms with E-state index in [1.165, 1.54) is 10.7 Å². The number of carboxylic acids is 1. The van der Waals surface area contributed by atoms with E-state index in [1.807, 2.05) is 0 Å². The molecule has 2 aliphatic rings. The van der Waals surface area contributed by atoms with Gasteiger partial charge in [-0.1, -0.05) is 12.1 Å². The number of piperidine rings is 1. The van der Waals surface area contributed by atoms with Gasteiger partial charge in [-0.3, -0.25) is 9.48 Å². The molecule has 0 amide bonds. The van der Waals surface area contributed by atoms with Crippen molar-refractivity contribution >= 4 is 16.9 Å². The van der Waals surface area contributed by atoms with Gasteiger partial charge in [0.15, 0.2) is 0 Å². The molecule has 2 atom stereocenters. The van der Waals surface area contributed by atoms with Gasteiger partial charge in [0.1, 0.15) is 0 Å². The average Bonchev–Trinajstić information content (AvgIpc) is 3.30. The summed E-state index contributed by atoms with van der Waals surface area (Å²) in [5.41, 5.74) is 0.241. The minimum Gasteiger partial charge on any atom is -0.481 e. The Hall–Kier alpha value is -2.09. The van der Waals surface area contributed by atoms with Crippen molar-refractivity contribution in [3.63, 3.8) is 0 Å². The maximum absolute atomic E-state index is 13.3. The molecule has 146 valence electrons. The van der Waals surface area contributed by atoms with Gasteiger partial charge >= 0.3 is 12.1 Å². The van der Waals surface area contributed by atoms with Gasteiger partial charge in [0, 0.05) is 24.9 Å². The van der Waals surface area contributed by atoms with Crippen LogP contribution in [-0.4, -0.2) is 45.4 Å². The highest BCUT2D eigenvalue weighted by atomic mass is 19.4. The smallest absolute Gasteiger partial charge is 0.418 e. The number of fused-ring (bicyclic) bond motifs is 1. The Morgan fingerprint density at radius 2 is 2.00 bits per heavy atom. The Morgan fingerprint density at radius 1 is 1.30 bits per heavy atom. The second-order valence-corrected chi connectivity index (χ2v) is 7.72. The molecular weight excluding hydrogens is 359 g/mol. The summed E-state index contributed by atoms with van der Waals surface area (Å²) in [6.07, 6.45) is -2.00. The van der Waals surface area contributed by atoms with Crippen LogP contribution in [0.2, 0.25) is 0 Å². The Morgan fingerprint density at radius 3 is 2.59 bits per heavy atom. The van der Waals surface area contributed by atoms with E-state index in [-0.39, 0.29) is 23.3 Å². The normalized spacial score (nSPS) is 24.4. The van der Waals surface area contributed by atoms with Crippen LogP contribution in [-0.2, 0) is 18.0 Å². The first-order valence-electron chi connectivity index (χ1n) is 9.23. The first kappa shape index (κ1) is 18.3. The molecule has 2 heterocycles. The molecule has 1 N–H and O–H groups in total.